The number of carbonyl (C=O) groups excluding carboxylic acids is 2. The number of rotatable bonds is 7. The molecule has 0 bridgehead atoms. The van der Waals surface area contributed by atoms with Crippen molar-refractivity contribution >= 4 is 23.0 Å². The summed E-state index contributed by atoms with van der Waals surface area (Å²) in [6.07, 6.45) is 2.28. The second kappa shape index (κ2) is 7.75. The van der Waals surface area contributed by atoms with Gasteiger partial charge < -0.3 is 19.2 Å². The Balaban J connectivity index is 1.30. The Morgan fingerprint density at radius 3 is 2.83 bits per heavy atom. The van der Waals surface area contributed by atoms with Crippen molar-refractivity contribution in [1.82, 2.24) is 5.32 Å². The van der Waals surface area contributed by atoms with Gasteiger partial charge in [0.25, 0.3) is 5.91 Å². The van der Waals surface area contributed by atoms with Gasteiger partial charge in [-0.25, -0.2) is 0 Å². The molecular formula is C22H21NO5S. The van der Waals surface area contributed by atoms with E-state index in [1.165, 1.54) is 17.6 Å². The molecule has 0 radical (unpaired) electrons. The Labute approximate surface area is 172 Å². The number of benzene rings is 1. The summed E-state index contributed by atoms with van der Waals surface area (Å²) in [5, 5.41) is 2.81. The summed E-state index contributed by atoms with van der Waals surface area (Å²) >= 11 is 1.33. The lowest BCUT2D eigenvalue weighted by Crippen LogP contribution is -2.28. The molecule has 0 saturated carbocycles. The van der Waals surface area contributed by atoms with Crippen molar-refractivity contribution in [2.75, 3.05) is 6.61 Å². The first-order chi connectivity index (χ1) is 13.9. The molecule has 0 spiro atoms. The third-order valence-electron chi connectivity index (χ3n) is 4.50. The zero-order valence-corrected chi connectivity index (χ0v) is 17.0. The van der Waals surface area contributed by atoms with Gasteiger partial charge in [0.1, 0.15) is 5.60 Å². The Kier molecular flexibility index (Phi) is 5.15. The number of nitrogens with one attached hydrogen (secondary N) is 1. The maximum absolute atomic E-state index is 12.3. The van der Waals surface area contributed by atoms with Gasteiger partial charge in [-0.1, -0.05) is 12.1 Å². The van der Waals surface area contributed by atoms with E-state index in [1.807, 2.05) is 32.0 Å². The summed E-state index contributed by atoms with van der Waals surface area (Å²) in [5.74, 6) is 1.18. The summed E-state index contributed by atoms with van der Waals surface area (Å²) in [4.78, 5) is 25.9. The van der Waals surface area contributed by atoms with Gasteiger partial charge in [-0.05, 0) is 44.2 Å². The van der Waals surface area contributed by atoms with E-state index in [-0.39, 0.29) is 23.9 Å². The minimum absolute atomic E-state index is 0.107. The largest absolute Gasteiger partial charge is 0.483 e. The van der Waals surface area contributed by atoms with Crippen LogP contribution >= 0.6 is 11.3 Å². The molecule has 7 heteroatoms. The van der Waals surface area contributed by atoms with Gasteiger partial charge in [0.2, 0.25) is 5.78 Å². The van der Waals surface area contributed by atoms with Crippen LogP contribution < -0.4 is 14.8 Å². The van der Waals surface area contributed by atoms with Gasteiger partial charge in [0.15, 0.2) is 23.9 Å². The van der Waals surface area contributed by atoms with E-state index in [9.17, 15) is 9.59 Å². The molecule has 3 heterocycles. The van der Waals surface area contributed by atoms with Crippen molar-refractivity contribution in [3.63, 3.8) is 0 Å². The van der Waals surface area contributed by atoms with Crippen LogP contribution in [0, 0.1) is 0 Å². The summed E-state index contributed by atoms with van der Waals surface area (Å²) in [6.45, 7) is 4.27. The highest BCUT2D eigenvalue weighted by Gasteiger charge is 2.32. The van der Waals surface area contributed by atoms with E-state index >= 15 is 0 Å². The Bertz CT molecular complexity index is 1040. The first-order valence-electron chi connectivity index (χ1n) is 9.29. The molecule has 6 nitrogen and oxygen atoms in total. The number of carbonyl (C=O) groups is 2. The molecule has 2 aromatic heterocycles. The highest BCUT2D eigenvalue weighted by atomic mass is 32.1. The van der Waals surface area contributed by atoms with Gasteiger partial charge in [0.05, 0.1) is 17.7 Å². The quantitative estimate of drug-likeness (QED) is 0.595. The summed E-state index contributed by atoms with van der Waals surface area (Å²) in [7, 11) is 0. The monoisotopic (exact) mass is 411 g/mol. The predicted octanol–water partition coefficient (Wildman–Crippen LogP) is 3.98. The maximum Gasteiger partial charge on any atom is 0.258 e. The van der Waals surface area contributed by atoms with Crippen LogP contribution in [0.3, 0.4) is 0 Å². The lowest BCUT2D eigenvalue weighted by Gasteiger charge is -2.18. The van der Waals surface area contributed by atoms with Crippen molar-refractivity contribution in [2.45, 2.75) is 32.4 Å². The number of ketones is 1. The smallest absolute Gasteiger partial charge is 0.258 e. The topological polar surface area (TPSA) is 77.8 Å². The number of amides is 1. The molecule has 0 unspecified atom stereocenters. The number of hydrogen-bond acceptors (Lipinski definition) is 6. The number of ether oxygens (including phenoxy) is 2. The van der Waals surface area contributed by atoms with E-state index in [2.05, 4.69) is 5.32 Å². The number of furan rings is 1. The van der Waals surface area contributed by atoms with E-state index in [1.54, 1.807) is 24.3 Å². The van der Waals surface area contributed by atoms with Gasteiger partial charge in [0, 0.05) is 16.9 Å². The van der Waals surface area contributed by atoms with Crippen LogP contribution in [0.1, 0.15) is 39.7 Å². The third kappa shape index (κ3) is 4.35. The van der Waals surface area contributed by atoms with E-state index in [0.29, 0.717) is 28.7 Å². The second-order valence-electron chi connectivity index (χ2n) is 7.42. The Hall–Kier alpha value is -3.06. The standard InChI is InChI=1S/C22H21NO5S/c1-22(2)11-14-5-3-6-17(21(14)28-22)27-13-19(24)23-12-15-8-9-18(29-15)20(25)16-7-4-10-26-16/h3-10H,11-13H2,1-2H3,(H,23,24). The molecule has 0 atom stereocenters. The van der Waals surface area contributed by atoms with Gasteiger partial charge in [-0.2, -0.15) is 0 Å². The minimum Gasteiger partial charge on any atom is -0.483 e. The SMILES string of the molecule is CC1(C)Cc2cccc(OCC(=O)NCc3ccc(C(=O)c4ccco4)s3)c2O1. The lowest BCUT2D eigenvalue weighted by molar-refractivity contribution is -0.123. The van der Waals surface area contributed by atoms with Crippen LogP contribution in [0.2, 0.25) is 0 Å². The molecule has 4 rings (SSSR count). The molecule has 150 valence electrons. The molecule has 1 aromatic carbocycles. The van der Waals surface area contributed by atoms with Crippen LogP contribution in [-0.2, 0) is 17.8 Å². The average Bonchev–Trinajstić information content (AvgIpc) is 3.42. The zero-order valence-electron chi connectivity index (χ0n) is 16.2. The molecule has 1 aliphatic rings. The minimum atomic E-state index is -0.270. The number of thiophene rings is 1. The zero-order chi connectivity index (χ0) is 20.4. The van der Waals surface area contributed by atoms with Crippen molar-refractivity contribution in [3.8, 4) is 11.5 Å². The van der Waals surface area contributed by atoms with Gasteiger partial charge in [-0.3, -0.25) is 9.59 Å². The summed E-state index contributed by atoms with van der Waals surface area (Å²) in [5.41, 5.74) is 0.814. The molecule has 0 fully saturated rings. The van der Waals surface area contributed by atoms with Crippen LogP contribution in [-0.4, -0.2) is 23.9 Å². The Morgan fingerprint density at radius 1 is 1.17 bits per heavy atom. The lowest BCUT2D eigenvalue weighted by atomic mass is 10.0. The van der Waals surface area contributed by atoms with Crippen molar-refractivity contribution in [2.24, 2.45) is 0 Å². The van der Waals surface area contributed by atoms with Crippen LogP contribution in [0.25, 0.3) is 0 Å². The summed E-state index contributed by atoms with van der Waals surface area (Å²) < 4.78 is 16.8. The molecule has 3 aromatic rings. The molecule has 1 amide bonds. The van der Waals surface area contributed by atoms with Crippen molar-refractivity contribution in [1.29, 1.82) is 0 Å². The maximum atomic E-state index is 12.3. The Morgan fingerprint density at radius 2 is 2.03 bits per heavy atom. The number of hydrogen-bond donors (Lipinski definition) is 1. The predicted molar refractivity (Wildman–Crippen MR) is 109 cm³/mol. The second-order valence-corrected chi connectivity index (χ2v) is 8.59. The normalized spacial score (nSPS) is 14.1. The number of para-hydroxylation sites is 1. The first kappa shape index (κ1) is 19.3. The summed E-state index contributed by atoms with van der Waals surface area (Å²) in [6, 6.07) is 12.6. The fourth-order valence-corrected chi connectivity index (χ4v) is 4.10. The van der Waals surface area contributed by atoms with Crippen LogP contribution in [0.15, 0.2) is 53.1 Å². The average molecular weight is 411 g/mol. The highest BCUT2D eigenvalue weighted by Crippen LogP contribution is 2.41. The molecule has 0 saturated heterocycles. The fourth-order valence-electron chi connectivity index (χ4n) is 3.21. The molecule has 0 aliphatic carbocycles. The molecule has 1 aliphatic heterocycles. The van der Waals surface area contributed by atoms with Gasteiger partial charge >= 0.3 is 0 Å². The van der Waals surface area contributed by atoms with Crippen molar-refractivity contribution in [3.05, 3.63) is 69.8 Å². The van der Waals surface area contributed by atoms with E-state index < -0.39 is 0 Å². The molecule has 29 heavy (non-hydrogen) atoms. The van der Waals surface area contributed by atoms with Crippen LogP contribution in [0.5, 0.6) is 11.5 Å². The number of fused-ring (bicyclic) bond motifs is 1. The third-order valence-corrected chi connectivity index (χ3v) is 5.59. The van der Waals surface area contributed by atoms with Gasteiger partial charge in [-0.15, -0.1) is 11.3 Å². The molecular weight excluding hydrogens is 390 g/mol. The molecule has 1 N–H and O–H groups in total. The van der Waals surface area contributed by atoms with E-state index in [4.69, 9.17) is 13.9 Å². The van der Waals surface area contributed by atoms with Crippen LogP contribution in [0.4, 0.5) is 0 Å². The highest BCUT2D eigenvalue weighted by molar-refractivity contribution is 7.14. The fraction of sp³-hybridized carbons (Fsp3) is 0.273. The van der Waals surface area contributed by atoms with E-state index in [0.717, 1.165) is 16.9 Å². The van der Waals surface area contributed by atoms with Crippen molar-refractivity contribution < 1.29 is 23.5 Å². The first-order valence-corrected chi connectivity index (χ1v) is 10.1.